The molecule has 1 aromatic carbocycles. The highest BCUT2D eigenvalue weighted by Crippen LogP contribution is 2.24. The molecule has 0 radical (unpaired) electrons. The number of thioether (sulfide) groups is 1. The summed E-state index contributed by atoms with van der Waals surface area (Å²) in [4.78, 5) is 12.0. The van der Waals surface area contributed by atoms with Crippen LogP contribution in [0.15, 0.2) is 59.4 Å². The van der Waals surface area contributed by atoms with Crippen molar-refractivity contribution in [2.45, 2.75) is 18.2 Å². The lowest BCUT2D eigenvalue weighted by Crippen LogP contribution is -2.23. The van der Waals surface area contributed by atoms with E-state index >= 15 is 0 Å². The van der Waals surface area contributed by atoms with Crippen LogP contribution in [-0.4, -0.2) is 21.3 Å². The molecule has 3 nitrogen and oxygen atoms in total. The molecule has 3 rings (SSSR count). The first-order valence-electron chi connectivity index (χ1n) is 7.40. The van der Waals surface area contributed by atoms with Crippen LogP contribution < -0.4 is 5.56 Å². The summed E-state index contributed by atoms with van der Waals surface area (Å²) < 4.78 is 14.7. The molecule has 23 heavy (non-hydrogen) atoms. The summed E-state index contributed by atoms with van der Waals surface area (Å²) in [6.07, 6.45) is 9.39. The van der Waals surface area contributed by atoms with Gasteiger partial charge >= 0.3 is 0 Å². The lowest BCUT2D eigenvalue weighted by atomic mass is 10.0. The third-order valence-corrected chi connectivity index (χ3v) is 4.70. The van der Waals surface area contributed by atoms with Crippen molar-refractivity contribution in [3.63, 3.8) is 0 Å². The van der Waals surface area contributed by atoms with E-state index in [0.717, 1.165) is 17.7 Å². The van der Waals surface area contributed by atoms with Gasteiger partial charge in [-0.3, -0.25) is 4.79 Å². The average molecular weight is 328 g/mol. The van der Waals surface area contributed by atoms with Gasteiger partial charge in [-0.2, -0.15) is 16.9 Å². The number of halogens is 1. The van der Waals surface area contributed by atoms with Gasteiger partial charge in [0.05, 0.1) is 12.2 Å². The van der Waals surface area contributed by atoms with Crippen LogP contribution in [-0.2, 0) is 6.54 Å². The van der Waals surface area contributed by atoms with Crippen LogP contribution in [0, 0.1) is 5.82 Å². The molecule has 1 aliphatic carbocycles. The normalized spacial score (nSPS) is 17.1. The Labute approximate surface area is 138 Å². The fraction of sp³-hybridized carbons (Fsp3) is 0.222. The van der Waals surface area contributed by atoms with Crippen LogP contribution in [0.5, 0.6) is 0 Å². The molecule has 0 N–H and O–H groups in total. The van der Waals surface area contributed by atoms with Crippen molar-refractivity contribution in [2.24, 2.45) is 0 Å². The van der Waals surface area contributed by atoms with E-state index in [-0.39, 0.29) is 17.9 Å². The van der Waals surface area contributed by atoms with Gasteiger partial charge in [0.15, 0.2) is 0 Å². The molecule has 1 atom stereocenters. The minimum absolute atomic E-state index is 0.194. The van der Waals surface area contributed by atoms with E-state index in [0.29, 0.717) is 10.8 Å². The molecule has 118 valence electrons. The molecule has 0 saturated heterocycles. The molecular weight excluding hydrogens is 311 g/mol. The molecule has 1 heterocycles. The molecule has 5 heteroatoms. The Morgan fingerprint density at radius 1 is 1.35 bits per heavy atom. The zero-order valence-electron chi connectivity index (χ0n) is 12.8. The van der Waals surface area contributed by atoms with Gasteiger partial charge in [-0.05, 0) is 42.0 Å². The second kappa shape index (κ2) is 6.96. The van der Waals surface area contributed by atoms with Crippen LogP contribution in [0.1, 0.15) is 17.7 Å². The van der Waals surface area contributed by atoms with Gasteiger partial charge in [0.25, 0.3) is 5.56 Å². The first-order valence-corrected chi connectivity index (χ1v) is 8.68. The van der Waals surface area contributed by atoms with Crippen molar-refractivity contribution in [1.29, 1.82) is 0 Å². The molecule has 0 saturated carbocycles. The monoisotopic (exact) mass is 328 g/mol. The van der Waals surface area contributed by atoms with Gasteiger partial charge in [-0.25, -0.2) is 9.07 Å². The average Bonchev–Trinajstić information content (AvgIpc) is 2.57. The maximum atomic E-state index is 13.3. The Kier molecular flexibility index (Phi) is 4.76. The lowest BCUT2D eigenvalue weighted by molar-refractivity contribution is 0.609. The van der Waals surface area contributed by atoms with E-state index in [9.17, 15) is 9.18 Å². The largest absolute Gasteiger partial charge is 0.268 e. The second-order valence-corrected chi connectivity index (χ2v) is 6.45. The fourth-order valence-corrected chi connectivity index (χ4v) is 3.01. The van der Waals surface area contributed by atoms with Gasteiger partial charge in [0.2, 0.25) is 0 Å². The zero-order chi connectivity index (χ0) is 16.2. The van der Waals surface area contributed by atoms with Crippen molar-refractivity contribution in [2.75, 3.05) is 6.26 Å². The number of aromatic nitrogens is 2. The van der Waals surface area contributed by atoms with E-state index < -0.39 is 0 Å². The molecule has 0 bridgehead atoms. The molecule has 2 aromatic rings. The van der Waals surface area contributed by atoms with Crippen LogP contribution in [0.2, 0.25) is 0 Å². The standard InChI is InChI=1S/C18H17FN2OS/c1-23-16-7-5-14(6-8-16)17-9-10-18(22)21(20-17)12-13-3-2-4-15(19)11-13/h2-7,9-11,16H,8,12H2,1H3. The number of nitrogens with zero attached hydrogens (tertiary/aromatic N) is 2. The van der Waals surface area contributed by atoms with E-state index in [1.54, 1.807) is 18.2 Å². The topological polar surface area (TPSA) is 34.9 Å². The summed E-state index contributed by atoms with van der Waals surface area (Å²) in [6, 6.07) is 9.47. The van der Waals surface area contributed by atoms with E-state index in [4.69, 9.17) is 0 Å². The maximum Gasteiger partial charge on any atom is 0.267 e. The van der Waals surface area contributed by atoms with Crippen molar-refractivity contribution >= 4 is 17.3 Å². The van der Waals surface area contributed by atoms with Gasteiger partial charge in [0, 0.05) is 11.3 Å². The van der Waals surface area contributed by atoms with Crippen molar-refractivity contribution in [3.05, 3.63) is 82.1 Å². The molecule has 0 fully saturated rings. The van der Waals surface area contributed by atoms with Crippen LogP contribution in [0.4, 0.5) is 4.39 Å². The highest BCUT2D eigenvalue weighted by atomic mass is 32.2. The number of allylic oxidation sites excluding steroid dienone is 3. The predicted molar refractivity (Wildman–Crippen MR) is 93.0 cm³/mol. The van der Waals surface area contributed by atoms with Gasteiger partial charge in [0.1, 0.15) is 5.82 Å². The van der Waals surface area contributed by atoms with Crippen molar-refractivity contribution < 1.29 is 4.39 Å². The minimum atomic E-state index is -0.312. The highest BCUT2D eigenvalue weighted by molar-refractivity contribution is 7.99. The number of benzene rings is 1. The maximum absolute atomic E-state index is 13.3. The summed E-state index contributed by atoms with van der Waals surface area (Å²) in [7, 11) is 0. The SMILES string of the molecule is CSC1C=CC(c2ccc(=O)n(Cc3cccc(F)c3)n2)=CC1. The van der Waals surface area contributed by atoms with Gasteiger partial charge in [-0.15, -0.1) is 0 Å². The second-order valence-electron chi connectivity index (χ2n) is 5.37. The Morgan fingerprint density at radius 2 is 2.22 bits per heavy atom. The van der Waals surface area contributed by atoms with Gasteiger partial charge < -0.3 is 0 Å². The van der Waals surface area contributed by atoms with Crippen molar-refractivity contribution in [3.8, 4) is 0 Å². The van der Waals surface area contributed by atoms with Crippen LogP contribution in [0.3, 0.4) is 0 Å². The molecular formula is C18H17FN2OS. The summed E-state index contributed by atoms with van der Waals surface area (Å²) in [5.41, 5.74) is 2.30. The fourth-order valence-electron chi connectivity index (χ4n) is 2.49. The van der Waals surface area contributed by atoms with E-state index in [1.165, 1.54) is 22.9 Å². The minimum Gasteiger partial charge on any atom is -0.268 e. The lowest BCUT2D eigenvalue weighted by Gasteiger charge is -2.14. The van der Waals surface area contributed by atoms with Crippen LogP contribution in [0.25, 0.3) is 5.57 Å². The number of hydrogen-bond donors (Lipinski definition) is 0. The molecule has 1 aromatic heterocycles. The number of rotatable bonds is 4. The third-order valence-electron chi connectivity index (χ3n) is 3.75. The smallest absolute Gasteiger partial charge is 0.267 e. The molecule has 0 amide bonds. The highest BCUT2D eigenvalue weighted by Gasteiger charge is 2.11. The molecule has 0 spiro atoms. The number of hydrogen-bond acceptors (Lipinski definition) is 3. The molecule has 0 aliphatic heterocycles. The first-order chi connectivity index (χ1) is 11.2. The van der Waals surface area contributed by atoms with E-state index in [1.807, 2.05) is 17.8 Å². The summed E-state index contributed by atoms with van der Waals surface area (Å²) >= 11 is 1.81. The molecule has 1 unspecified atom stereocenters. The predicted octanol–water partition coefficient (Wildman–Crippen LogP) is 3.51. The Morgan fingerprint density at radius 3 is 2.91 bits per heavy atom. The quantitative estimate of drug-likeness (QED) is 0.861. The van der Waals surface area contributed by atoms with Gasteiger partial charge in [-0.1, -0.05) is 30.4 Å². The molecule has 1 aliphatic rings. The summed E-state index contributed by atoms with van der Waals surface area (Å²) in [6.45, 7) is 0.259. The Bertz CT molecular complexity index is 826. The van der Waals surface area contributed by atoms with Crippen molar-refractivity contribution in [1.82, 2.24) is 9.78 Å². The Hall–Kier alpha value is -2.14. The van der Waals surface area contributed by atoms with Crippen LogP contribution >= 0.6 is 11.8 Å². The summed E-state index contributed by atoms with van der Waals surface area (Å²) in [5, 5.41) is 4.92. The summed E-state index contributed by atoms with van der Waals surface area (Å²) in [5.74, 6) is -0.312. The van der Waals surface area contributed by atoms with E-state index in [2.05, 4.69) is 23.5 Å². The zero-order valence-corrected chi connectivity index (χ0v) is 13.6. The Balaban J connectivity index is 1.87. The third kappa shape index (κ3) is 3.79. The first kappa shape index (κ1) is 15.7.